The molecule has 2 aromatic heterocycles. The molecule has 8 heteroatoms. The molecule has 2 heterocycles. The Labute approximate surface area is 131 Å². The van der Waals surface area contributed by atoms with Crippen LogP contribution in [0.2, 0.25) is 0 Å². The quantitative estimate of drug-likeness (QED) is 0.871. The number of aromatic nitrogens is 4. The lowest BCUT2D eigenvalue weighted by atomic mass is 10.1. The number of carbonyl (C=O) groups is 1. The molecule has 0 unspecified atom stereocenters. The van der Waals surface area contributed by atoms with Crippen molar-refractivity contribution in [2.24, 2.45) is 5.41 Å². The van der Waals surface area contributed by atoms with Crippen molar-refractivity contribution in [3.63, 3.8) is 0 Å². The fraction of sp³-hybridized carbons (Fsp3) is 0.385. The lowest BCUT2D eigenvalue weighted by Gasteiger charge is -2.12. The molecule has 1 fully saturated rings. The minimum absolute atomic E-state index is 0.146. The first-order valence-corrected chi connectivity index (χ1v) is 7.14. The van der Waals surface area contributed by atoms with E-state index >= 15 is 0 Å². The molecule has 3 rings (SSSR count). The van der Waals surface area contributed by atoms with Gasteiger partial charge in [-0.2, -0.15) is 5.10 Å². The third-order valence-electron chi connectivity index (χ3n) is 3.67. The van der Waals surface area contributed by atoms with E-state index in [1.54, 1.807) is 24.1 Å². The molecule has 1 aliphatic rings. The van der Waals surface area contributed by atoms with Crippen LogP contribution < -0.4 is 5.32 Å². The first-order chi connectivity index (χ1) is 9.92. The van der Waals surface area contributed by atoms with E-state index in [0.717, 1.165) is 5.56 Å². The van der Waals surface area contributed by atoms with E-state index in [1.807, 2.05) is 12.1 Å². The van der Waals surface area contributed by atoms with Gasteiger partial charge in [0.05, 0.1) is 5.41 Å². The molecule has 0 aliphatic heterocycles. The average Bonchev–Trinajstić information content (AvgIpc) is 2.87. The van der Waals surface area contributed by atoms with Gasteiger partial charge in [0, 0.05) is 12.7 Å². The molecule has 0 spiro atoms. The minimum atomic E-state index is -0.952. The number of carbonyl (C=O) groups excluding carboxylic acids is 1. The second-order valence-corrected chi connectivity index (χ2v) is 6.74. The third-order valence-corrected chi connectivity index (χ3v) is 4.78. The zero-order chi connectivity index (χ0) is 15.1. The van der Waals surface area contributed by atoms with Gasteiger partial charge in [-0.3, -0.25) is 4.79 Å². The molecule has 1 aliphatic carbocycles. The van der Waals surface area contributed by atoms with Crippen LogP contribution >= 0.6 is 23.2 Å². The summed E-state index contributed by atoms with van der Waals surface area (Å²) in [5.41, 5.74) is 0.177. The largest absolute Gasteiger partial charge is 0.351 e. The molecule has 0 bridgehead atoms. The Morgan fingerprint density at radius 2 is 2.24 bits per heavy atom. The smallest absolute Gasteiger partial charge is 0.229 e. The molecule has 110 valence electrons. The highest BCUT2D eigenvalue weighted by atomic mass is 35.5. The molecule has 1 atom stereocenters. The van der Waals surface area contributed by atoms with Crippen molar-refractivity contribution >= 4 is 29.1 Å². The summed E-state index contributed by atoms with van der Waals surface area (Å²) < 4.78 is 0.606. The molecule has 21 heavy (non-hydrogen) atoms. The molecule has 1 saturated carbocycles. The first kappa shape index (κ1) is 14.3. The normalized spacial score (nSPS) is 22.8. The van der Waals surface area contributed by atoms with Gasteiger partial charge in [-0.15, -0.1) is 23.2 Å². The molecule has 0 radical (unpaired) electrons. The predicted octanol–water partition coefficient (Wildman–Crippen LogP) is 1.86. The highest BCUT2D eigenvalue weighted by Crippen LogP contribution is 2.63. The Morgan fingerprint density at radius 3 is 2.76 bits per heavy atom. The average molecular weight is 326 g/mol. The second kappa shape index (κ2) is 4.96. The van der Waals surface area contributed by atoms with Crippen LogP contribution in [0.1, 0.15) is 18.9 Å². The van der Waals surface area contributed by atoms with E-state index in [2.05, 4.69) is 20.4 Å². The number of pyridine rings is 1. The number of hydrogen-bond acceptors (Lipinski definition) is 4. The maximum Gasteiger partial charge on any atom is 0.229 e. The van der Waals surface area contributed by atoms with Gasteiger partial charge in [0.25, 0.3) is 0 Å². The fourth-order valence-corrected chi connectivity index (χ4v) is 2.71. The summed E-state index contributed by atoms with van der Waals surface area (Å²) in [5.74, 6) is 0.519. The Balaban J connectivity index is 1.60. The van der Waals surface area contributed by atoms with E-state index < -0.39 is 9.75 Å². The van der Waals surface area contributed by atoms with Gasteiger partial charge in [-0.25, -0.2) is 14.6 Å². The molecule has 6 nitrogen and oxygen atoms in total. The summed E-state index contributed by atoms with van der Waals surface area (Å²) in [6.45, 7) is 2.14. The van der Waals surface area contributed by atoms with Crippen LogP contribution in [0, 0.1) is 5.41 Å². The number of nitrogens with zero attached hydrogens (tertiary/aromatic N) is 4. The van der Waals surface area contributed by atoms with Crippen molar-refractivity contribution in [1.29, 1.82) is 0 Å². The van der Waals surface area contributed by atoms with Crippen molar-refractivity contribution in [3.8, 4) is 5.82 Å². The topological polar surface area (TPSA) is 72.7 Å². The SMILES string of the molecule is C[C@]1(C(=O)NCc2ccc(-n3cncn3)nc2)CC1(Cl)Cl. The van der Waals surface area contributed by atoms with E-state index in [0.29, 0.717) is 18.8 Å². The molecule has 0 saturated heterocycles. The number of amides is 1. The molecule has 2 aromatic rings. The number of alkyl halides is 2. The van der Waals surface area contributed by atoms with E-state index in [9.17, 15) is 4.79 Å². The summed E-state index contributed by atoms with van der Waals surface area (Å²) in [6.07, 6.45) is 5.16. The highest BCUT2D eigenvalue weighted by Gasteiger charge is 2.67. The number of rotatable bonds is 4. The van der Waals surface area contributed by atoms with Gasteiger partial charge in [0.1, 0.15) is 17.0 Å². The molecular weight excluding hydrogens is 313 g/mol. The van der Waals surface area contributed by atoms with Crippen molar-refractivity contribution in [2.75, 3.05) is 0 Å². The summed E-state index contributed by atoms with van der Waals surface area (Å²) >= 11 is 12.0. The molecule has 1 amide bonds. The number of nitrogens with one attached hydrogen (secondary N) is 1. The van der Waals surface area contributed by atoms with E-state index in [-0.39, 0.29) is 5.91 Å². The molecule has 0 aromatic carbocycles. The Kier molecular flexibility index (Phi) is 3.37. The molecule has 1 N–H and O–H groups in total. The van der Waals surface area contributed by atoms with Crippen molar-refractivity contribution in [2.45, 2.75) is 24.2 Å². The van der Waals surface area contributed by atoms with Crippen LogP contribution in [0.5, 0.6) is 0 Å². The van der Waals surface area contributed by atoms with Gasteiger partial charge in [0.2, 0.25) is 5.91 Å². The summed E-state index contributed by atoms with van der Waals surface area (Å²) in [6, 6.07) is 3.68. The van der Waals surface area contributed by atoms with E-state index in [4.69, 9.17) is 23.2 Å². The van der Waals surface area contributed by atoms with Crippen LogP contribution in [0.3, 0.4) is 0 Å². The van der Waals surface area contributed by atoms with Crippen LogP contribution in [0.15, 0.2) is 31.0 Å². The fourth-order valence-electron chi connectivity index (χ4n) is 2.01. The summed E-state index contributed by atoms with van der Waals surface area (Å²) in [5, 5.41) is 6.82. The van der Waals surface area contributed by atoms with Gasteiger partial charge in [-0.1, -0.05) is 6.07 Å². The first-order valence-electron chi connectivity index (χ1n) is 6.38. The van der Waals surface area contributed by atoms with Gasteiger partial charge in [0.15, 0.2) is 5.82 Å². The van der Waals surface area contributed by atoms with Gasteiger partial charge >= 0.3 is 0 Å². The monoisotopic (exact) mass is 325 g/mol. The van der Waals surface area contributed by atoms with Crippen molar-refractivity contribution < 1.29 is 4.79 Å². The highest BCUT2D eigenvalue weighted by molar-refractivity contribution is 6.53. The van der Waals surface area contributed by atoms with Crippen LogP contribution in [-0.4, -0.2) is 30.0 Å². The Hall–Kier alpha value is -1.66. The summed E-state index contributed by atoms with van der Waals surface area (Å²) in [4.78, 5) is 20.2. The maximum atomic E-state index is 12.0. The van der Waals surface area contributed by atoms with Crippen molar-refractivity contribution in [1.82, 2.24) is 25.1 Å². The third kappa shape index (κ3) is 2.61. The lowest BCUT2D eigenvalue weighted by Crippen LogP contribution is -2.32. The Bertz CT molecular complexity index is 656. The zero-order valence-electron chi connectivity index (χ0n) is 11.3. The van der Waals surface area contributed by atoms with Gasteiger partial charge < -0.3 is 5.32 Å². The second-order valence-electron chi connectivity index (χ2n) is 5.26. The van der Waals surface area contributed by atoms with Crippen LogP contribution in [0.4, 0.5) is 0 Å². The minimum Gasteiger partial charge on any atom is -0.351 e. The van der Waals surface area contributed by atoms with E-state index in [1.165, 1.54) is 6.33 Å². The zero-order valence-corrected chi connectivity index (χ0v) is 12.8. The molecular formula is C13H13Cl2N5O. The van der Waals surface area contributed by atoms with Crippen LogP contribution in [-0.2, 0) is 11.3 Å². The van der Waals surface area contributed by atoms with Crippen molar-refractivity contribution in [3.05, 3.63) is 36.5 Å². The number of hydrogen-bond donors (Lipinski definition) is 1. The standard InChI is InChI=1S/C13H13Cl2N5O/c1-12(6-13(12,14)15)11(21)18-5-9-2-3-10(17-4-9)20-8-16-7-19-20/h2-4,7-8H,5-6H2,1H3,(H,18,21)/t12-/m1/s1. The Morgan fingerprint density at radius 1 is 1.48 bits per heavy atom. The lowest BCUT2D eigenvalue weighted by molar-refractivity contribution is -0.125. The summed E-state index contributed by atoms with van der Waals surface area (Å²) in [7, 11) is 0. The van der Waals surface area contributed by atoms with Crippen LogP contribution in [0.25, 0.3) is 5.82 Å². The van der Waals surface area contributed by atoms with Gasteiger partial charge in [-0.05, 0) is 25.0 Å². The maximum absolute atomic E-state index is 12.0. The predicted molar refractivity (Wildman–Crippen MR) is 78.2 cm³/mol. The number of halogens is 2.